The first-order valence-corrected chi connectivity index (χ1v) is 20.1. The Morgan fingerprint density at radius 1 is 0.426 bits per heavy atom. The molecule has 0 aromatic heterocycles. The van der Waals surface area contributed by atoms with Crippen molar-refractivity contribution < 1.29 is 34.6 Å². The minimum absolute atomic E-state index is 0.00406. The van der Waals surface area contributed by atoms with Crippen molar-refractivity contribution >= 4 is 11.9 Å². The summed E-state index contributed by atoms with van der Waals surface area (Å²) in [6.45, 7) is 4.14. The fourth-order valence-corrected chi connectivity index (χ4v) is 5.64. The highest BCUT2D eigenvalue weighted by atomic mass is 17.0. The fourth-order valence-electron chi connectivity index (χ4n) is 5.64. The van der Waals surface area contributed by atoms with Gasteiger partial charge in [0.05, 0.1) is 13.2 Å². The third-order valence-electron chi connectivity index (χ3n) is 8.54. The van der Waals surface area contributed by atoms with Gasteiger partial charge in [-0.15, -0.1) is 0 Å². The quantitative estimate of drug-likeness (QED) is 0.0444. The lowest BCUT2D eigenvalue weighted by Crippen LogP contribution is -2.33. The molecule has 0 atom stereocenters. The molecule has 0 rings (SSSR count). The van der Waals surface area contributed by atoms with Crippen LogP contribution in [0.4, 0.5) is 0 Å². The highest BCUT2D eigenvalue weighted by molar-refractivity contribution is 5.73. The van der Waals surface area contributed by atoms with Crippen LogP contribution in [0.5, 0.6) is 0 Å². The van der Waals surface area contributed by atoms with E-state index in [1.54, 1.807) is 0 Å². The van der Waals surface area contributed by atoms with Gasteiger partial charge >= 0.3 is 5.97 Å². The lowest BCUT2D eigenvalue weighted by Gasteiger charge is -2.19. The summed E-state index contributed by atoms with van der Waals surface area (Å²) in [5.41, 5.74) is 0. The number of aliphatic carboxylic acids is 1. The van der Waals surface area contributed by atoms with Crippen molar-refractivity contribution in [1.82, 2.24) is 5.23 Å². The molecule has 0 aromatic rings. The first-order chi connectivity index (χ1) is 23.0. The molecule has 0 bridgehead atoms. The summed E-state index contributed by atoms with van der Waals surface area (Å²) in [6.07, 6.45) is 38.4. The molecule has 0 unspecified atom stereocenters. The minimum Gasteiger partial charge on any atom is -0.481 e. The van der Waals surface area contributed by atoms with E-state index in [9.17, 15) is 9.59 Å². The number of carbonyl (C=O) groups is 2. The van der Waals surface area contributed by atoms with Crippen LogP contribution in [0.1, 0.15) is 213 Å². The van der Waals surface area contributed by atoms with E-state index in [0.717, 1.165) is 37.3 Å². The summed E-state index contributed by atoms with van der Waals surface area (Å²) < 4.78 is 0. The van der Waals surface area contributed by atoms with Crippen molar-refractivity contribution in [3.63, 3.8) is 0 Å². The van der Waals surface area contributed by atoms with E-state index in [2.05, 4.69) is 13.8 Å². The molecule has 8 heteroatoms. The van der Waals surface area contributed by atoms with Crippen LogP contribution in [0, 0.1) is 0 Å². The van der Waals surface area contributed by atoms with Crippen molar-refractivity contribution in [2.45, 2.75) is 213 Å². The van der Waals surface area contributed by atoms with Crippen LogP contribution in [0.2, 0.25) is 0 Å². The molecule has 0 saturated carbocycles. The molecule has 8 nitrogen and oxygen atoms in total. The summed E-state index contributed by atoms with van der Waals surface area (Å²) in [5.74, 6) is -0.921. The number of hydroxylamine groups is 2. The van der Waals surface area contributed by atoms with Crippen LogP contribution in [-0.2, 0) is 19.3 Å². The Hall–Kier alpha value is -1.22. The summed E-state index contributed by atoms with van der Waals surface area (Å²) in [7, 11) is 0. The summed E-state index contributed by atoms with van der Waals surface area (Å²) in [6, 6.07) is 0. The largest absolute Gasteiger partial charge is 0.481 e. The van der Waals surface area contributed by atoms with Crippen LogP contribution in [0.25, 0.3) is 0 Å². The smallest absolute Gasteiger partial charge is 0.303 e. The van der Waals surface area contributed by atoms with Gasteiger partial charge in [0, 0.05) is 12.8 Å². The number of aliphatic hydroxyl groups is 2. The molecule has 282 valence electrons. The first kappa shape index (κ1) is 47.9. The Kier molecular flexibility index (Phi) is 43.6. The van der Waals surface area contributed by atoms with Crippen LogP contribution < -0.4 is 0 Å². The molecule has 0 aliphatic rings. The zero-order valence-corrected chi connectivity index (χ0v) is 31.2. The lowest BCUT2D eigenvalue weighted by molar-refractivity contribution is -0.345. The minimum atomic E-state index is -0.653. The van der Waals surface area contributed by atoms with E-state index in [4.69, 9.17) is 25.0 Å². The van der Waals surface area contributed by atoms with E-state index < -0.39 is 5.97 Å². The van der Waals surface area contributed by atoms with Gasteiger partial charge < -0.3 is 15.3 Å². The molecule has 0 aromatic carbocycles. The second kappa shape index (κ2) is 42.8. The van der Waals surface area contributed by atoms with Crippen molar-refractivity contribution in [1.29, 1.82) is 0 Å². The predicted molar refractivity (Wildman–Crippen MR) is 195 cm³/mol. The molecule has 0 spiro atoms. The van der Waals surface area contributed by atoms with Gasteiger partial charge in [0.1, 0.15) is 13.2 Å². The van der Waals surface area contributed by atoms with E-state index in [1.165, 1.54) is 154 Å². The molecule has 3 N–H and O–H groups in total. The van der Waals surface area contributed by atoms with Crippen LogP contribution in [-0.4, -0.2) is 58.9 Å². The van der Waals surface area contributed by atoms with E-state index in [1.807, 2.05) is 0 Å². The van der Waals surface area contributed by atoms with E-state index in [-0.39, 0.29) is 32.3 Å². The molecule has 0 fully saturated rings. The lowest BCUT2D eigenvalue weighted by atomic mass is 10.0. The Balaban J connectivity index is 0. The maximum Gasteiger partial charge on any atom is 0.303 e. The van der Waals surface area contributed by atoms with Gasteiger partial charge in [-0.1, -0.05) is 192 Å². The molecular weight excluding hydrogens is 594 g/mol. The normalized spacial score (nSPS) is 11.0. The Labute approximate surface area is 290 Å². The van der Waals surface area contributed by atoms with Gasteiger partial charge in [-0.2, -0.15) is 0 Å². The third kappa shape index (κ3) is 42.8. The van der Waals surface area contributed by atoms with Gasteiger partial charge in [0.2, 0.25) is 0 Å². The number of hydrogen-bond acceptors (Lipinski definition) is 6. The van der Waals surface area contributed by atoms with E-state index >= 15 is 0 Å². The van der Waals surface area contributed by atoms with Crippen LogP contribution in [0.3, 0.4) is 0 Å². The zero-order valence-electron chi connectivity index (χ0n) is 31.2. The number of unbranched alkanes of at least 4 members (excludes halogenated alkanes) is 27. The van der Waals surface area contributed by atoms with Crippen LogP contribution in [0.15, 0.2) is 0 Å². The number of carboxylic acid groups (broad SMARTS) is 1. The molecule has 47 heavy (non-hydrogen) atoms. The number of aliphatic hydroxyl groups excluding tert-OH is 2. The fraction of sp³-hybridized carbons (Fsp3) is 0.949. The van der Waals surface area contributed by atoms with Crippen molar-refractivity contribution in [2.75, 3.05) is 26.4 Å². The molecule has 1 amide bonds. The second-order valence-corrected chi connectivity index (χ2v) is 13.2. The average Bonchev–Trinajstić information content (AvgIpc) is 3.06. The zero-order chi connectivity index (χ0) is 34.9. The van der Waals surface area contributed by atoms with Crippen molar-refractivity contribution in [3.8, 4) is 0 Å². The predicted octanol–water partition coefficient (Wildman–Crippen LogP) is 10.9. The molecule has 0 heterocycles. The summed E-state index contributed by atoms with van der Waals surface area (Å²) in [4.78, 5) is 32.4. The van der Waals surface area contributed by atoms with Crippen molar-refractivity contribution in [3.05, 3.63) is 0 Å². The van der Waals surface area contributed by atoms with E-state index in [0.29, 0.717) is 12.8 Å². The Morgan fingerprint density at radius 3 is 0.936 bits per heavy atom. The van der Waals surface area contributed by atoms with Gasteiger partial charge in [0.15, 0.2) is 0 Å². The number of carbonyl (C=O) groups excluding carboxylic acids is 1. The molecular formula is C39H79NO7. The molecule has 0 aliphatic carbocycles. The highest BCUT2D eigenvalue weighted by Crippen LogP contribution is 2.15. The Bertz CT molecular complexity index is 612. The summed E-state index contributed by atoms with van der Waals surface area (Å²) in [5, 5.41) is 26.8. The maximum absolute atomic E-state index is 12.0. The number of carboxylic acids is 1. The maximum atomic E-state index is 12.0. The molecule has 0 radical (unpaired) electrons. The van der Waals surface area contributed by atoms with Crippen LogP contribution >= 0.6 is 0 Å². The van der Waals surface area contributed by atoms with Crippen molar-refractivity contribution in [2.24, 2.45) is 0 Å². The third-order valence-corrected chi connectivity index (χ3v) is 8.54. The van der Waals surface area contributed by atoms with Gasteiger partial charge in [-0.3, -0.25) is 9.59 Å². The SMILES string of the molecule is CCCCCCCCCCCCCCCCC(=O)N(OCCO)OCCO.CCCCCCCCCCCCCCCCCC(=O)O. The van der Waals surface area contributed by atoms with Gasteiger partial charge in [0.25, 0.3) is 5.91 Å². The Morgan fingerprint density at radius 2 is 0.681 bits per heavy atom. The second-order valence-electron chi connectivity index (χ2n) is 13.2. The number of nitrogens with zero attached hydrogens (tertiary/aromatic N) is 1. The average molecular weight is 674 g/mol. The number of rotatable bonds is 37. The monoisotopic (exact) mass is 674 g/mol. The summed E-state index contributed by atoms with van der Waals surface area (Å²) >= 11 is 0. The molecule has 0 aliphatic heterocycles. The highest BCUT2D eigenvalue weighted by Gasteiger charge is 2.15. The standard InChI is InChI=1S/C21H43NO5.C18H36O2/c1-2-3-4-5-6-7-8-9-10-11-12-13-14-15-16-21(25)22(26-19-17-23)27-20-18-24;1-2-3-4-5-6-7-8-9-10-11-12-13-14-15-16-17-18(19)20/h23-24H,2-20H2,1H3;2-17H2,1H3,(H,19,20). The van der Waals surface area contributed by atoms with Gasteiger partial charge in [-0.25, -0.2) is 9.68 Å². The molecule has 0 saturated heterocycles. The topological polar surface area (TPSA) is 117 Å². The van der Waals surface area contributed by atoms with Gasteiger partial charge in [-0.05, 0) is 12.8 Å². The number of amides is 1. The number of hydrogen-bond donors (Lipinski definition) is 3. The first-order valence-electron chi connectivity index (χ1n) is 20.1.